The Morgan fingerprint density at radius 2 is 2.11 bits per heavy atom. The fraction of sp³-hybridized carbons (Fsp3) is 0.0769. The van der Waals surface area contributed by atoms with Crippen LogP contribution in [0.15, 0.2) is 41.0 Å². The zero-order chi connectivity index (χ0) is 13.1. The number of aromatic carboxylic acids is 1. The Bertz CT molecular complexity index is 599. The van der Waals surface area contributed by atoms with E-state index in [1.165, 1.54) is 12.3 Å². The second-order valence-corrected chi connectivity index (χ2v) is 4.73. The Labute approximate surface area is 113 Å². The molecule has 1 aromatic carbocycles. The van der Waals surface area contributed by atoms with Crippen LogP contribution in [-0.2, 0) is 0 Å². The van der Waals surface area contributed by atoms with E-state index >= 15 is 0 Å². The number of aryl methyl sites for hydroxylation is 1. The summed E-state index contributed by atoms with van der Waals surface area (Å²) in [4.78, 5) is 14.6. The van der Waals surface area contributed by atoms with Gasteiger partial charge in [-0.05, 0) is 42.8 Å². The Hall–Kier alpha value is -1.88. The Balaban J connectivity index is 2.28. The van der Waals surface area contributed by atoms with Crippen molar-refractivity contribution in [3.8, 4) is 0 Å². The van der Waals surface area contributed by atoms with E-state index in [0.717, 1.165) is 15.7 Å². The molecule has 0 aliphatic carbocycles. The van der Waals surface area contributed by atoms with Crippen LogP contribution in [0.4, 0.5) is 11.4 Å². The molecule has 0 saturated heterocycles. The lowest BCUT2D eigenvalue weighted by molar-refractivity contribution is 0.0690. The van der Waals surface area contributed by atoms with Crippen LogP contribution in [0.25, 0.3) is 0 Å². The SMILES string of the molecule is Cc1cc(Br)ccc1Nc1ccnc(C(=O)O)c1. The fourth-order valence-electron chi connectivity index (χ4n) is 1.55. The van der Waals surface area contributed by atoms with Gasteiger partial charge < -0.3 is 10.4 Å². The van der Waals surface area contributed by atoms with Crippen molar-refractivity contribution in [2.24, 2.45) is 0 Å². The van der Waals surface area contributed by atoms with Crippen LogP contribution in [0.5, 0.6) is 0 Å². The molecule has 0 spiro atoms. The summed E-state index contributed by atoms with van der Waals surface area (Å²) < 4.78 is 1.01. The fourth-order valence-corrected chi connectivity index (χ4v) is 2.02. The average molecular weight is 307 g/mol. The Kier molecular flexibility index (Phi) is 3.62. The van der Waals surface area contributed by atoms with Crippen molar-refractivity contribution in [3.05, 3.63) is 52.3 Å². The monoisotopic (exact) mass is 306 g/mol. The number of hydrogen-bond donors (Lipinski definition) is 2. The maximum atomic E-state index is 10.8. The normalized spacial score (nSPS) is 10.1. The zero-order valence-corrected chi connectivity index (χ0v) is 11.2. The highest BCUT2D eigenvalue weighted by molar-refractivity contribution is 9.10. The maximum absolute atomic E-state index is 10.8. The van der Waals surface area contributed by atoms with Gasteiger partial charge in [-0.3, -0.25) is 0 Å². The van der Waals surface area contributed by atoms with Gasteiger partial charge in [0.05, 0.1) is 0 Å². The summed E-state index contributed by atoms with van der Waals surface area (Å²) in [7, 11) is 0. The number of halogens is 1. The molecule has 0 radical (unpaired) electrons. The second-order valence-electron chi connectivity index (χ2n) is 3.82. The molecule has 0 amide bonds. The van der Waals surface area contributed by atoms with Crippen LogP contribution >= 0.6 is 15.9 Å². The number of pyridine rings is 1. The van der Waals surface area contributed by atoms with Crippen molar-refractivity contribution >= 4 is 33.3 Å². The summed E-state index contributed by atoms with van der Waals surface area (Å²) in [5, 5.41) is 12.0. The molecule has 4 nitrogen and oxygen atoms in total. The van der Waals surface area contributed by atoms with Crippen LogP contribution in [0, 0.1) is 6.92 Å². The number of hydrogen-bond acceptors (Lipinski definition) is 3. The van der Waals surface area contributed by atoms with E-state index in [1.54, 1.807) is 6.07 Å². The number of carboxylic acids is 1. The molecule has 0 fully saturated rings. The van der Waals surface area contributed by atoms with Crippen LogP contribution < -0.4 is 5.32 Å². The van der Waals surface area contributed by atoms with Crippen molar-refractivity contribution in [2.45, 2.75) is 6.92 Å². The number of aromatic nitrogens is 1. The first-order chi connectivity index (χ1) is 8.56. The first kappa shape index (κ1) is 12.6. The van der Waals surface area contributed by atoms with Gasteiger partial charge in [-0.15, -0.1) is 0 Å². The van der Waals surface area contributed by atoms with E-state index < -0.39 is 5.97 Å². The average Bonchev–Trinajstić information content (AvgIpc) is 2.33. The van der Waals surface area contributed by atoms with Crippen LogP contribution in [0.2, 0.25) is 0 Å². The van der Waals surface area contributed by atoms with E-state index in [9.17, 15) is 4.79 Å². The number of carbonyl (C=O) groups is 1. The quantitative estimate of drug-likeness (QED) is 0.909. The molecule has 0 unspecified atom stereocenters. The number of nitrogens with one attached hydrogen (secondary N) is 1. The van der Waals surface area contributed by atoms with Gasteiger partial charge in [0, 0.05) is 22.0 Å². The van der Waals surface area contributed by atoms with E-state index in [0.29, 0.717) is 5.69 Å². The summed E-state index contributed by atoms with van der Waals surface area (Å²) in [6.07, 6.45) is 1.47. The highest BCUT2D eigenvalue weighted by Gasteiger charge is 2.06. The van der Waals surface area contributed by atoms with Crippen molar-refractivity contribution in [2.75, 3.05) is 5.32 Å². The van der Waals surface area contributed by atoms with Gasteiger partial charge in [0.25, 0.3) is 0 Å². The molecule has 0 saturated carbocycles. The van der Waals surface area contributed by atoms with Gasteiger partial charge in [0.2, 0.25) is 0 Å². The minimum Gasteiger partial charge on any atom is -0.477 e. The van der Waals surface area contributed by atoms with Crippen molar-refractivity contribution < 1.29 is 9.90 Å². The number of anilines is 2. The van der Waals surface area contributed by atoms with E-state index in [-0.39, 0.29) is 5.69 Å². The molecular formula is C13H11BrN2O2. The lowest BCUT2D eigenvalue weighted by Crippen LogP contribution is -2.01. The zero-order valence-electron chi connectivity index (χ0n) is 9.64. The van der Waals surface area contributed by atoms with Crippen LogP contribution in [-0.4, -0.2) is 16.1 Å². The van der Waals surface area contributed by atoms with Gasteiger partial charge in [-0.2, -0.15) is 0 Å². The molecule has 2 N–H and O–H groups in total. The third kappa shape index (κ3) is 2.87. The number of nitrogens with zero attached hydrogens (tertiary/aromatic N) is 1. The van der Waals surface area contributed by atoms with Crippen LogP contribution in [0.3, 0.4) is 0 Å². The summed E-state index contributed by atoms with van der Waals surface area (Å²) in [5.41, 5.74) is 2.72. The molecule has 1 heterocycles. The number of carboxylic acid groups (broad SMARTS) is 1. The molecule has 0 aliphatic rings. The summed E-state index contributed by atoms with van der Waals surface area (Å²) >= 11 is 3.40. The molecule has 1 aromatic heterocycles. The minimum atomic E-state index is -1.04. The van der Waals surface area contributed by atoms with Gasteiger partial charge in [-0.1, -0.05) is 15.9 Å². The summed E-state index contributed by atoms with van der Waals surface area (Å²) in [5.74, 6) is -1.04. The summed E-state index contributed by atoms with van der Waals surface area (Å²) in [6, 6.07) is 9.08. The Morgan fingerprint density at radius 3 is 2.78 bits per heavy atom. The van der Waals surface area contributed by atoms with Crippen molar-refractivity contribution in [1.29, 1.82) is 0 Å². The second kappa shape index (κ2) is 5.18. The first-order valence-corrected chi connectivity index (χ1v) is 6.08. The molecule has 0 bridgehead atoms. The molecule has 0 aliphatic heterocycles. The Morgan fingerprint density at radius 1 is 1.33 bits per heavy atom. The lowest BCUT2D eigenvalue weighted by atomic mass is 10.2. The predicted octanol–water partition coefficient (Wildman–Crippen LogP) is 3.59. The van der Waals surface area contributed by atoms with Gasteiger partial charge in [0.15, 0.2) is 0 Å². The van der Waals surface area contributed by atoms with Crippen LogP contribution in [0.1, 0.15) is 16.1 Å². The highest BCUT2D eigenvalue weighted by atomic mass is 79.9. The lowest BCUT2D eigenvalue weighted by Gasteiger charge is -2.10. The standard InChI is InChI=1S/C13H11BrN2O2/c1-8-6-9(14)2-3-11(8)16-10-4-5-15-12(7-10)13(17)18/h2-7H,1H3,(H,15,16)(H,17,18). The third-order valence-corrected chi connectivity index (χ3v) is 2.94. The molecule has 5 heteroatoms. The van der Waals surface area contributed by atoms with E-state index in [4.69, 9.17) is 5.11 Å². The predicted molar refractivity (Wildman–Crippen MR) is 73.4 cm³/mol. The van der Waals surface area contributed by atoms with Crippen molar-refractivity contribution in [3.63, 3.8) is 0 Å². The minimum absolute atomic E-state index is 0.0229. The summed E-state index contributed by atoms with van der Waals surface area (Å²) in [6.45, 7) is 1.98. The topological polar surface area (TPSA) is 62.2 Å². The first-order valence-electron chi connectivity index (χ1n) is 5.29. The molecular weight excluding hydrogens is 296 g/mol. The van der Waals surface area contributed by atoms with Gasteiger partial charge >= 0.3 is 5.97 Å². The third-order valence-electron chi connectivity index (χ3n) is 2.45. The largest absolute Gasteiger partial charge is 0.477 e. The molecule has 18 heavy (non-hydrogen) atoms. The van der Waals surface area contributed by atoms with Gasteiger partial charge in [0.1, 0.15) is 5.69 Å². The van der Waals surface area contributed by atoms with E-state index in [2.05, 4.69) is 26.2 Å². The van der Waals surface area contributed by atoms with Gasteiger partial charge in [-0.25, -0.2) is 9.78 Å². The molecule has 2 rings (SSSR count). The highest BCUT2D eigenvalue weighted by Crippen LogP contribution is 2.23. The number of benzene rings is 1. The molecule has 2 aromatic rings. The van der Waals surface area contributed by atoms with E-state index in [1.807, 2.05) is 25.1 Å². The maximum Gasteiger partial charge on any atom is 0.354 e. The number of rotatable bonds is 3. The van der Waals surface area contributed by atoms with Crippen molar-refractivity contribution in [1.82, 2.24) is 4.98 Å². The smallest absolute Gasteiger partial charge is 0.354 e. The molecule has 0 atom stereocenters. The molecule has 92 valence electrons.